The lowest BCUT2D eigenvalue weighted by molar-refractivity contribution is 0.0928. The highest BCUT2D eigenvalue weighted by atomic mass is 16.2. The molecule has 0 aromatic carbocycles. The number of hydrogen-bond acceptors (Lipinski definition) is 6. The fourth-order valence-electron chi connectivity index (χ4n) is 2.98. The Bertz CT molecular complexity index is 707. The molecule has 2 aromatic rings. The molecule has 0 bridgehead atoms. The molecule has 1 saturated heterocycles. The van der Waals surface area contributed by atoms with E-state index < -0.39 is 0 Å². The number of carbonyl (C=O) groups excluding carboxylic acids is 1. The Morgan fingerprint density at radius 2 is 2.21 bits per heavy atom. The molecule has 1 amide bonds. The number of hydrogen-bond donors (Lipinski definition) is 1. The second-order valence-electron chi connectivity index (χ2n) is 6.13. The monoisotopic (exact) mass is 329 g/mol. The molecule has 1 unspecified atom stereocenters. The molecular weight excluding hydrogens is 306 g/mol. The zero-order valence-corrected chi connectivity index (χ0v) is 14.4. The van der Waals surface area contributed by atoms with Gasteiger partial charge in [-0.25, -0.2) is 9.97 Å². The molecule has 1 N–H and O–H groups in total. The summed E-state index contributed by atoms with van der Waals surface area (Å²) in [7, 11) is 0. The van der Waals surface area contributed by atoms with Crippen LogP contribution in [0.2, 0.25) is 0 Å². The predicted molar refractivity (Wildman–Crippen MR) is 89.9 cm³/mol. The van der Waals surface area contributed by atoms with Crippen molar-refractivity contribution in [2.45, 2.75) is 46.2 Å². The Kier molecular flexibility index (Phi) is 4.73. The van der Waals surface area contributed by atoms with Gasteiger partial charge in [0.2, 0.25) is 0 Å². The van der Waals surface area contributed by atoms with Gasteiger partial charge in [-0.1, -0.05) is 5.21 Å². The summed E-state index contributed by atoms with van der Waals surface area (Å²) < 4.78 is 1.65. The molecule has 0 aliphatic carbocycles. The van der Waals surface area contributed by atoms with Gasteiger partial charge in [-0.05, 0) is 33.6 Å². The number of aromatic nitrogens is 5. The van der Waals surface area contributed by atoms with Crippen molar-refractivity contribution in [3.05, 3.63) is 29.5 Å². The van der Waals surface area contributed by atoms with Gasteiger partial charge in [0.05, 0.1) is 6.20 Å². The Morgan fingerprint density at radius 1 is 1.38 bits per heavy atom. The molecule has 1 aliphatic heterocycles. The number of rotatable bonds is 4. The van der Waals surface area contributed by atoms with Crippen LogP contribution in [-0.2, 0) is 6.54 Å². The highest BCUT2D eigenvalue weighted by Gasteiger charge is 2.24. The summed E-state index contributed by atoms with van der Waals surface area (Å²) in [5.41, 5.74) is 1.32. The third-order valence-electron chi connectivity index (χ3n) is 4.13. The van der Waals surface area contributed by atoms with Gasteiger partial charge in [-0.15, -0.1) is 5.10 Å². The molecule has 128 valence electrons. The zero-order chi connectivity index (χ0) is 17.1. The molecule has 1 atom stereocenters. The second kappa shape index (κ2) is 6.94. The maximum atomic E-state index is 12.3. The first-order valence-electron chi connectivity index (χ1n) is 8.33. The van der Waals surface area contributed by atoms with Gasteiger partial charge in [-0.2, -0.15) is 0 Å². The first kappa shape index (κ1) is 16.4. The van der Waals surface area contributed by atoms with Crippen LogP contribution in [0.1, 0.15) is 41.8 Å². The van der Waals surface area contributed by atoms with Crippen LogP contribution < -0.4 is 10.2 Å². The van der Waals surface area contributed by atoms with E-state index in [2.05, 4.69) is 30.5 Å². The average molecular weight is 329 g/mol. The largest absolute Gasteiger partial charge is 0.354 e. The van der Waals surface area contributed by atoms with Gasteiger partial charge >= 0.3 is 0 Å². The van der Waals surface area contributed by atoms with E-state index in [0.29, 0.717) is 12.2 Å². The standard InChI is InChI=1S/C16H23N7O/c1-4-23-10-14(20-21-23)16(24)19-13-6-5-7-22(9-13)15-8-11(2)17-12(3)18-15/h8,10,13H,4-7,9H2,1-3H3,(H,19,24). The fraction of sp³-hybridized carbons (Fsp3) is 0.562. The van der Waals surface area contributed by atoms with E-state index in [0.717, 1.165) is 43.3 Å². The van der Waals surface area contributed by atoms with Crippen LogP contribution in [0.15, 0.2) is 12.3 Å². The molecule has 3 heterocycles. The number of aryl methyl sites for hydroxylation is 3. The van der Waals surface area contributed by atoms with E-state index in [1.165, 1.54) is 0 Å². The first-order valence-corrected chi connectivity index (χ1v) is 8.33. The lowest BCUT2D eigenvalue weighted by Crippen LogP contribution is -2.48. The Morgan fingerprint density at radius 3 is 2.92 bits per heavy atom. The minimum Gasteiger partial charge on any atom is -0.354 e. The smallest absolute Gasteiger partial charge is 0.273 e. The third-order valence-corrected chi connectivity index (χ3v) is 4.13. The van der Waals surface area contributed by atoms with Crippen molar-refractivity contribution in [3.63, 3.8) is 0 Å². The number of amides is 1. The summed E-state index contributed by atoms with van der Waals surface area (Å²) >= 11 is 0. The van der Waals surface area contributed by atoms with Crippen molar-refractivity contribution in [3.8, 4) is 0 Å². The molecule has 1 fully saturated rings. The van der Waals surface area contributed by atoms with Crippen molar-refractivity contribution in [1.82, 2.24) is 30.3 Å². The fourth-order valence-corrected chi connectivity index (χ4v) is 2.98. The maximum Gasteiger partial charge on any atom is 0.273 e. The van der Waals surface area contributed by atoms with Crippen LogP contribution in [0, 0.1) is 13.8 Å². The highest BCUT2D eigenvalue weighted by molar-refractivity contribution is 5.92. The molecule has 1 aliphatic rings. The van der Waals surface area contributed by atoms with Crippen molar-refractivity contribution in [2.24, 2.45) is 0 Å². The lowest BCUT2D eigenvalue weighted by Gasteiger charge is -2.34. The normalized spacial score (nSPS) is 17.8. The van der Waals surface area contributed by atoms with Gasteiger partial charge in [0.15, 0.2) is 5.69 Å². The predicted octanol–water partition coefficient (Wildman–Crippen LogP) is 1.10. The van der Waals surface area contributed by atoms with E-state index >= 15 is 0 Å². The van der Waals surface area contributed by atoms with Crippen LogP contribution in [0.3, 0.4) is 0 Å². The molecule has 0 saturated carbocycles. The summed E-state index contributed by atoms with van der Waals surface area (Å²) in [5, 5.41) is 10.9. The van der Waals surface area contributed by atoms with E-state index in [1.54, 1.807) is 10.9 Å². The number of nitrogens with one attached hydrogen (secondary N) is 1. The van der Waals surface area contributed by atoms with Crippen molar-refractivity contribution >= 4 is 11.7 Å². The number of carbonyl (C=O) groups is 1. The van der Waals surface area contributed by atoms with E-state index in [4.69, 9.17) is 0 Å². The average Bonchev–Trinajstić information content (AvgIpc) is 3.03. The first-order chi connectivity index (χ1) is 11.5. The maximum absolute atomic E-state index is 12.3. The number of nitrogens with zero attached hydrogens (tertiary/aromatic N) is 6. The molecule has 0 spiro atoms. The van der Waals surface area contributed by atoms with Crippen LogP contribution in [-0.4, -0.2) is 50.0 Å². The molecule has 2 aromatic heterocycles. The topological polar surface area (TPSA) is 88.8 Å². The molecule has 8 nitrogen and oxygen atoms in total. The van der Waals surface area contributed by atoms with Gasteiger partial charge in [0.1, 0.15) is 11.6 Å². The summed E-state index contributed by atoms with van der Waals surface area (Å²) in [6.07, 6.45) is 3.63. The van der Waals surface area contributed by atoms with Crippen molar-refractivity contribution in [1.29, 1.82) is 0 Å². The van der Waals surface area contributed by atoms with E-state index in [9.17, 15) is 4.79 Å². The lowest BCUT2D eigenvalue weighted by atomic mass is 10.1. The van der Waals surface area contributed by atoms with E-state index in [-0.39, 0.29) is 11.9 Å². The van der Waals surface area contributed by atoms with Crippen LogP contribution >= 0.6 is 0 Å². The van der Waals surface area contributed by atoms with Crippen LogP contribution in [0.25, 0.3) is 0 Å². The summed E-state index contributed by atoms with van der Waals surface area (Å²) in [4.78, 5) is 23.4. The van der Waals surface area contributed by atoms with Crippen LogP contribution in [0.4, 0.5) is 5.82 Å². The summed E-state index contributed by atoms with van der Waals surface area (Å²) in [5.74, 6) is 1.53. The van der Waals surface area contributed by atoms with Gasteiger partial charge in [-0.3, -0.25) is 9.48 Å². The van der Waals surface area contributed by atoms with E-state index in [1.807, 2.05) is 26.8 Å². The molecular formula is C16H23N7O. The van der Waals surface area contributed by atoms with Gasteiger partial charge < -0.3 is 10.2 Å². The van der Waals surface area contributed by atoms with Crippen molar-refractivity contribution in [2.75, 3.05) is 18.0 Å². The van der Waals surface area contributed by atoms with Gasteiger partial charge in [0.25, 0.3) is 5.91 Å². The summed E-state index contributed by atoms with van der Waals surface area (Å²) in [6, 6.07) is 2.07. The quantitative estimate of drug-likeness (QED) is 0.904. The highest BCUT2D eigenvalue weighted by Crippen LogP contribution is 2.19. The number of anilines is 1. The van der Waals surface area contributed by atoms with Gasteiger partial charge in [0, 0.05) is 37.4 Å². The Hall–Kier alpha value is -2.51. The minimum absolute atomic E-state index is 0.0774. The zero-order valence-electron chi connectivity index (χ0n) is 14.4. The summed E-state index contributed by atoms with van der Waals surface area (Å²) in [6.45, 7) is 8.21. The Balaban J connectivity index is 1.65. The minimum atomic E-state index is -0.170. The molecule has 8 heteroatoms. The SMILES string of the molecule is CCn1cc(C(=O)NC2CCCN(c3cc(C)nc(C)n3)C2)nn1. The number of piperidine rings is 1. The molecule has 24 heavy (non-hydrogen) atoms. The molecule has 3 rings (SSSR count). The Labute approximate surface area is 141 Å². The third kappa shape index (κ3) is 3.69. The van der Waals surface area contributed by atoms with Crippen LogP contribution in [0.5, 0.6) is 0 Å². The van der Waals surface area contributed by atoms with Crippen molar-refractivity contribution < 1.29 is 4.79 Å². The molecule has 0 radical (unpaired) electrons. The second-order valence-corrected chi connectivity index (χ2v) is 6.13.